The minimum Gasteiger partial charge on any atom is -0.351 e. The zero-order chi connectivity index (χ0) is 15.7. The number of anilines is 2. The van der Waals surface area contributed by atoms with E-state index in [0.717, 1.165) is 57.8 Å². The number of hydrogen-bond donors (Lipinski definition) is 0. The van der Waals surface area contributed by atoms with E-state index in [-0.39, 0.29) is 10.6 Å². The van der Waals surface area contributed by atoms with Gasteiger partial charge in [-0.3, -0.25) is 10.1 Å². The van der Waals surface area contributed by atoms with Gasteiger partial charge in [0, 0.05) is 26.2 Å². The van der Waals surface area contributed by atoms with Crippen molar-refractivity contribution in [2.45, 2.75) is 39.5 Å². The molecule has 7 nitrogen and oxygen atoms in total. The van der Waals surface area contributed by atoms with Crippen molar-refractivity contribution in [1.82, 2.24) is 9.97 Å². The van der Waals surface area contributed by atoms with E-state index in [4.69, 9.17) is 0 Å². The first kappa shape index (κ1) is 15.0. The lowest BCUT2D eigenvalue weighted by Crippen LogP contribution is -2.35. The summed E-state index contributed by atoms with van der Waals surface area (Å²) in [6.07, 6.45) is 4.38. The fourth-order valence-corrected chi connectivity index (χ4v) is 3.25. The van der Waals surface area contributed by atoms with Gasteiger partial charge in [-0.2, -0.15) is 4.98 Å². The van der Waals surface area contributed by atoms with Crippen LogP contribution in [0.1, 0.15) is 38.3 Å². The molecule has 2 aliphatic heterocycles. The smallest absolute Gasteiger partial charge is 0.332 e. The second-order valence-electron chi connectivity index (χ2n) is 6.40. The maximum absolute atomic E-state index is 11.4. The summed E-state index contributed by atoms with van der Waals surface area (Å²) in [5.74, 6) is 1.88. The molecule has 0 aromatic carbocycles. The van der Waals surface area contributed by atoms with Crippen molar-refractivity contribution in [1.29, 1.82) is 0 Å². The van der Waals surface area contributed by atoms with Gasteiger partial charge in [-0.15, -0.1) is 0 Å². The second-order valence-corrected chi connectivity index (χ2v) is 6.40. The Morgan fingerprint density at radius 3 is 2.32 bits per heavy atom. The van der Waals surface area contributed by atoms with Crippen molar-refractivity contribution in [3.8, 4) is 0 Å². The van der Waals surface area contributed by atoms with Gasteiger partial charge in [0.2, 0.25) is 11.8 Å². The van der Waals surface area contributed by atoms with Crippen molar-refractivity contribution in [2.24, 2.45) is 5.92 Å². The third kappa shape index (κ3) is 2.84. The van der Waals surface area contributed by atoms with E-state index in [2.05, 4.69) is 21.8 Å². The van der Waals surface area contributed by atoms with Crippen LogP contribution in [0.4, 0.5) is 17.5 Å². The molecule has 0 amide bonds. The van der Waals surface area contributed by atoms with Gasteiger partial charge in [0.25, 0.3) is 0 Å². The molecule has 0 aliphatic carbocycles. The molecule has 2 fully saturated rings. The summed E-state index contributed by atoms with van der Waals surface area (Å²) >= 11 is 0. The lowest BCUT2D eigenvalue weighted by atomic mass is 10.00. The van der Waals surface area contributed by atoms with Gasteiger partial charge in [0.05, 0.1) is 4.92 Å². The Morgan fingerprint density at radius 1 is 1.09 bits per heavy atom. The van der Waals surface area contributed by atoms with Crippen LogP contribution in [0.15, 0.2) is 0 Å². The first-order valence-corrected chi connectivity index (χ1v) is 8.09. The minimum atomic E-state index is -0.342. The number of aryl methyl sites for hydroxylation is 1. The van der Waals surface area contributed by atoms with Crippen LogP contribution in [0, 0.1) is 23.0 Å². The number of nitrogens with zero attached hydrogens (tertiary/aromatic N) is 5. The van der Waals surface area contributed by atoms with Crippen LogP contribution in [0.2, 0.25) is 0 Å². The number of rotatable bonds is 3. The molecule has 0 N–H and O–H groups in total. The monoisotopic (exact) mass is 305 g/mol. The van der Waals surface area contributed by atoms with Crippen LogP contribution < -0.4 is 9.80 Å². The predicted octanol–water partition coefficient (Wildman–Crippen LogP) is 2.53. The highest BCUT2D eigenvalue weighted by Gasteiger charge is 2.29. The van der Waals surface area contributed by atoms with Crippen LogP contribution in [0.25, 0.3) is 0 Å². The zero-order valence-electron chi connectivity index (χ0n) is 13.3. The fraction of sp³-hybridized carbons (Fsp3) is 0.733. The van der Waals surface area contributed by atoms with Gasteiger partial charge in [-0.05, 0) is 38.5 Å². The Morgan fingerprint density at radius 2 is 1.73 bits per heavy atom. The normalized spacial score (nSPS) is 19.7. The molecule has 1 aromatic rings. The molecular weight excluding hydrogens is 282 g/mol. The van der Waals surface area contributed by atoms with Crippen LogP contribution in [-0.2, 0) is 0 Å². The summed E-state index contributed by atoms with van der Waals surface area (Å²) in [5, 5.41) is 11.4. The molecule has 3 heterocycles. The SMILES string of the molecule is Cc1nc(N2CCC(C)CC2)nc(N2CCCC2)c1[N+](=O)[O-]. The van der Waals surface area contributed by atoms with E-state index in [1.165, 1.54) is 0 Å². The molecule has 0 radical (unpaired) electrons. The average molecular weight is 305 g/mol. The van der Waals surface area contributed by atoms with E-state index < -0.39 is 0 Å². The Labute approximate surface area is 130 Å². The molecule has 2 aliphatic rings. The van der Waals surface area contributed by atoms with Gasteiger partial charge in [0.15, 0.2) is 0 Å². The Kier molecular flexibility index (Phi) is 4.13. The van der Waals surface area contributed by atoms with Gasteiger partial charge < -0.3 is 9.80 Å². The van der Waals surface area contributed by atoms with Crippen molar-refractivity contribution < 1.29 is 4.92 Å². The van der Waals surface area contributed by atoms with Gasteiger partial charge in [0.1, 0.15) is 5.69 Å². The fourth-order valence-electron chi connectivity index (χ4n) is 3.25. The van der Waals surface area contributed by atoms with E-state index in [1.54, 1.807) is 6.92 Å². The molecule has 22 heavy (non-hydrogen) atoms. The zero-order valence-corrected chi connectivity index (χ0v) is 13.3. The standard InChI is InChI=1S/C15H23N5O2/c1-11-5-9-19(10-6-11)15-16-12(2)13(20(21)22)14(17-15)18-7-3-4-8-18/h11H,3-10H2,1-2H3. The molecule has 120 valence electrons. The van der Waals surface area contributed by atoms with Crippen molar-refractivity contribution >= 4 is 17.5 Å². The van der Waals surface area contributed by atoms with Crippen LogP contribution in [0.5, 0.6) is 0 Å². The average Bonchev–Trinajstić information content (AvgIpc) is 3.00. The number of hydrogen-bond acceptors (Lipinski definition) is 6. The number of aromatic nitrogens is 2. The van der Waals surface area contributed by atoms with E-state index in [9.17, 15) is 10.1 Å². The van der Waals surface area contributed by atoms with Crippen LogP contribution in [0.3, 0.4) is 0 Å². The third-order valence-corrected chi connectivity index (χ3v) is 4.68. The molecule has 7 heteroatoms. The largest absolute Gasteiger partial charge is 0.351 e. The van der Waals surface area contributed by atoms with Crippen molar-refractivity contribution in [3.63, 3.8) is 0 Å². The summed E-state index contributed by atoms with van der Waals surface area (Å²) < 4.78 is 0. The molecule has 0 bridgehead atoms. The molecule has 0 atom stereocenters. The highest BCUT2D eigenvalue weighted by atomic mass is 16.6. The summed E-state index contributed by atoms with van der Waals surface area (Å²) in [4.78, 5) is 24.3. The molecule has 0 unspecified atom stereocenters. The van der Waals surface area contributed by atoms with E-state index >= 15 is 0 Å². The number of nitro groups is 1. The van der Waals surface area contributed by atoms with Gasteiger partial charge in [-0.1, -0.05) is 6.92 Å². The quantitative estimate of drug-likeness (QED) is 0.631. The topological polar surface area (TPSA) is 75.4 Å². The molecule has 3 rings (SSSR count). The van der Waals surface area contributed by atoms with E-state index in [0.29, 0.717) is 17.5 Å². The van der Waals surface area contributed by atoms with E-state index in [1.807, 2.05) is 4.90 Å². The highest BCUT2D eigenvalue weighted by Crippen LogP contribution is 2.33. The molecule has 1 aromatic heterocycles. The first-order chi connectivity index (χ1) is 10.6. The van der Waals surface area contributed by atoms with Gasteiger partial charge in [-0.25, -0.2) is 4.98 Å². The predicted molar refractivity (Wildman–Crippen MR) is 85.5 cm³/mol. The molecule has 2 saturated heterocycles. The summed E-state index contributed by atoms with van der Waals surface area (Å²) in [6.45, 7) is 7.52. The summed E-state index contributed by atoms with van der Waals surface area (Å²) in [7, 11) is 0. The van der Waals surface area contributed by atoms with Crippen LogP contribution in [-0.4, -0.2) is 41.1 Å². The van der Waals surface area contributed by atoms with Crippen molar-refractivity contribution in [2.75, 3.05) is 36.0 Å². The second kappa shape index (κ2) is 6.06. The third-order valence-electron chi connectivity index (χ3n) is 4.68. The Bertz CT molecular complexity index is 563. The Balaban J connectivity index is 1.96. The maximum Gasteiger partial charge on any atom is 0.332 e. The lowest BCUT2D eigenvalue weighted by Gasteiger charge is -2.31. The minimum absolute atomic E-state index is 0.0658. The maximum atomic E-state index is 11.4. The van der Waals surface area contributed by atoms with Crippen LogP contribution >= 0.6 is 0 Å². The van der Waals surface area contributed by atoms with Gasteiger partial charge >= 0.3 is 5.69 Å². The van der Waals surface area contributed by atoms with Crippen molar-refractivity contribution in [3.05, 3.63) is 15.8 Å². The molecular formula is C15H23N5O2. The lowest BCUT2D eigenvalue weighted by molar-refractivity contribution is -0.385. The summed E-state index contributed by atoms with van der Waals surface area (Å²) in [6, 6.07) is 0. The summed E-state index contributed by atoms with van der Waals surface area (Å²) in [5.41, 5.74) is 0.534. The highest BCUT2D eigenvalue weighted by molar-refractivity contribution is 5.63. The molecule has 0 spiro atoms. The first-order valence-electron chi connectivity index (χ1n) is 8.09. The number of piperidine rings is 1. The molecule has 0 saturated carbocycles. The Hall–Kier alpha value is -1.92.